The van der Waals surface area contributed by atoms with Gasteiger partial charge in [-0.3, -0.25) is 14.7 Å². The van der Waals surface area contributed by atoms with Crippen LogP contribution < -0.4 is 5.32 Å². The summed E-state index contributed by atoms with van der Waals surface area (Å²) in [7, 11) is 0. The highest BCUT2D eigenvalue weighted by Crippen LogP contribution is 2.48. The van der Waals surface area contributed by atoms with E-state index in [0.717, 1.165) is 12.3 Å². The number of carbonyl (C=O) groups excluding carboxylic acids is 2. The SMILES string of the molecule is O=C(NCCOC(=O)[C@H]1C[C@H]2CC[C@H]1C2)c1ccn[nH]1. The predicted molar refractivity (Wildman–Crippen MR) is 70.8 cm³/mol. The molecule has 6 nitrogen and oxygen atoms in total. The fraction of sp³-hybridized carbons (Fsp3) is 0.643. The molecule has 2 saturated carbocycles. The molecule has 1 amide bonds. The summed E-state index contributed by atoms with van der Waals surface area (Å²) in [5.74, 6) is 1.04. The number of esters is 1. The number of nitrogens with one attached hydrogen (secondary N) is 2. The Morgan fingerprint density at radius 2 is 2.30 bits per heavy atom. The van der Waals surface area contributed by atoms with Gasteiger partial charge in [-0.05, 0) is 37.2 Å². The van der Waals surface area contributed by atoms with E-state index in [1.807, 2.05) is 0 Å². The van der Waals surface area contributed by atoms with Gasteiger partial charge in [0.2, 0.25) is 0 Å². The molecular formula is C14H19N3O3. The number of H-pyrrole nitrogens is 1. The van der Waals surface area contributed by atoms with Gasteiger partial charge in [-0.2, -0.15) is 5.10 Å². The molecule has 6 heteroatoms. The van der Waals surface area contributed by atoms with Crippen molar-refractivity contribution in [1.29, 1.82) is 0 Å². The summed E-state index contributed by atoms with van der Waals surface area (Å²) in [4.78, 5) is 23.5. The maximum Gasteiger partial charge on any atom is 0.309 e. The lowest BCUT2D eigenvalue weighted by atomic mass is 9.89. The van der Waals surface area contributed by atoms with Gasteiger partial charge < -0.3 is 10.1 Å². The van der Waals surface area contributed by atoms with E-state index >= 15 is 0 Å². The summed E-state index contributed by atoms with van der Waals surface area (Å²) in [6.07, 6.45) is 6.14. The highest BCUT2D eigenvalue weighted by Gasteiger charge is 2.43. The minimum atomic E-state index is -0.238. The molecule has 2 N–H and O–H groups in total. The third-order valence-electron chi connectivity index (χ3n) is 4.42. The summed E-state index contributed by atoms with van der Waals surface area (Å²) < 4.78 is 5.27. The van der Waals surface area contributed by atoms with Gasteiger partial charge in [-0.25, -0.2) is 0 Å². The van der Waals surface area contributed by atoms with Crippen LogP contribution in [-0.2, 0) is 9.53 Å². The van der Waals surface area contributed by atoms with Gasteiger partial charge in [-0.1, -0.05) is 6.42 Å². The van der Waals surface area contributed by atoms with Crippen LogP contribution in [0.4, 0.5) is 0 Å². The van der Waals surface area contributed by atoms with Crippen LogP contribution >= 0.6 is 0 Å². The zero-order valence-electron chi connectivity index (χ0n) is 11.3. The molecule has 1 aromatic heterocycles. The lowest BCUT2D eigenvalue weighted by molar-refractivity contribution is -0.150. The monoisotopic (exact) mass is 277 g/mol. The molecule has 2 aliphatic rings. The summed E-state index contributed by atoms with van der Waals surface area (Å²) in [5.41, 5.74) is 0.407. The van der Waals surface area contributed by atoms with Crippen LogP contribution in [0.15, 0.2) is 12.3 Å². The van der Waals surface area contributed by atoms with Crippen molar-refractivity contribution >= 4 is 11.9 Å². The average molecular weight is 277 g/mol. The molecule has 3 atom stereocenters. The molecule has 2 bridgehead atoms. The Bertz CT molecular complexity index is 486. The second-order valence-corrected chi connectivity index (χ2v) is 5.68. The van der Waals surface area contributed by atoms with Crippen molar-refractivity contribution in [2.24, 2.45) is 17.8 Å². The molecule has 1 heterocycles. The molecule has 108 valence electrons. The van der Waals surface area contributed by atoms with E-state index in [9.17, 15) is 9.59 Å². The number of fused-ring (bicyclic) bond motifs is 2. The summed E-state index contributed by atoms with van der Waals surface area (Å²) >= 11 is 0. The molecule has 2 fully saturated rings. The second-order valence-electron chi connectivity index (χ2n) is 5.68. The Hall–Kier alpha value is -1.85. The maximum absolute atomic E-state index is 12.0. The van der Waals surface area contributed by atoms with Crippen LogP contribution in [0.3, 0.4) is 0 Å². The van der Waals surface area contributed by atoms with E-state index < -0.39 is 0 Å². The fourth-order valence-corrected chi connectivity index (χ4v) is 3.43. The topological polar surface area (TPSA) is 84.1 Å². The number of rotatable bonds is 5. The fourth-order valence-electron chi connectivity index (χ4n) is 3.43. The molecule has 0 aromatic carbocycles. The Balaban J connectivity index is 1.36. The van der Waals surface area contributed by atoms with Gasteiger partial charge >= 0.3 is 5.97 Å². The number of amides is 1. The van der Waals surface area contributed by atoms with Crippen molar-refractivity contribution in [1.82, 2.24) is 15.5 Å². The highest BCUT2D eigenvalue weighted by atomic mass is 16.5. The molecular weight excluding hydrogens is 258 g/mol. The van der Waals surface area contributed by atoms with E-state index in [1.165, 1.54) is 25.5 Å². The van der Waals surface area contributed by atoms with Crippen LogP contribution in [0, 0.1) is 17.8 Å². The van der Waals surface area contributed by atoms with Crippen molar-refractivity contribution in [2.45, 2.75) is 25.7 Å². The van der Waals surface area contributed by atoms with Crippen molar-refractivity contribution in [2.75, 3.05) is 13.2 Å². The Kier molecular flexibility index (Phi) is 3.71. The van der Waals surface area contributed by atoms with Crippen molar-refractivity contribution in [3.8, 4) is 0 Å². The first-order valence-electron chi connectivity index (χ1n) is 7.18. The van der Waals surface area contributed by atoms with Crippen molar-refractivity contribution in [3.63, 3.8) is 0 Å². The van der Waals surface area contributed by atoms with Crippen LogP contribution in [0.1, 0.15) is 36.2 Å². The molecule has 2 aliphatic carbocycles. The Labute approximate surface area is 117 Å². The quantitative estimate of drug-likeness (QED) is 0.624. The first kappa shape index (κ1) is 13.1. The lowest BCUT2D eigenvalue weighted by Gasteiger charge is -2.19. The largest absolute Gasteiger partial charge is 0.464 e. The average Bonchev–Trinajstić information content (AvgIpc) is 3.19. The van der Waals surface area contributed by atoms with E-state index in [4.69, 9.17) is 4.74 Å². The summed E-state index contributed by atoms with van der Waals surface area (Å²) in [6, 6.07) is 1.59. The van der Waals surface area contributed by atoms with E-state index in [1.54, 1.807) is 6.07 Å². The zero-order valence-corrected chi connectivity index (χ0v) is 11.3. The van der Waals surface area contributed by atoms with Crippen LogP contribution in [0.25, 0.3) is 0 Å². The van der Waals surface area contributed by atoms with E-state index in [2.05, 4.69) is 15.5 Å². The van der Waals surface area contributed by atoms with Gasteiger partial charge in [0, 0.05) is 6.20 Å². The first-order chi connectivity index (χ1) is 9.74. The smallest absolute Gasteiger partial charge is 0.309 e. The van der Waals surface area contributed by atoms with Crippen molar-refractivity contribution < 1.29 is 14.3 Å². The van der Waals surface area contributed by atoms with E-state index in [0.29, 0.717) is 18.2 Å². The minimum absolute atomic E-state index is 0.0898. The molecule has 1 aromatic rings. The van der Waals surface area contributed by atoms with E-state index in [-0.39, 0.29) is 24.4 Å². The third kappa shape index (κ3) is 2.69. The molecule has 0 aliphatic heterocycles. The maximum atomic E-state index is 12.0. The Morgan fingerprint density at radius 3 is 2.95 bits per heavy atom. The Morgan fingerprint density at radius 1 is 1.40 bits per heavy atom. The molecule has 0 radical (unpaired) electrons. The number of aromatic nitrogens is 2. The van der Waals surface area contributed by atoms with Crippen LogP contribution in [0.5, 0.6) is 0 Å². The normalized spacial score (nSPS) is 27.5. The van der Waals surface area contributed by atoms with Gasteiger partial charge in [0.25, 0.3) is 5.91 Å². The number of carbonyl (C=O) groups is 2. The molecule has 0 spiro atoms. The first-order valence-corrected chi connectivity index (χ1v) is 7.18. The highest BCUT2D eigenvalue weighted by molar-refractivity contribution is 5.92. The van der Waals surface area contributed by atoms with Crippen LogP contribution in [0.2, 0.25) is 0 Å². The number of hydrogen-bond donors (Lipinski definition) is 2. The second kappa shape index (κ2) is 5.64. The lowest BCUT2D eigenvalue weighted by Crippen LogP contribution is -2.30. The van der Waals surface area contributed by atoms with Gasteiger partial charge in [0.15, 0.2) is 0 Å². The third-order valence-corrected chi connectivity index (χ3v) is 4.42. The zero-order chi connectivity index (χ0) is 13.9. The number of ether oxygens (including phenoxy) is 1. The minimum Gasteiger partial charge on any atom is -0.464 e. The summed E-state index contributed by atoms with van der Waals surface area (Å²) in [6.45, 7) is 0.553. The summed E-state index contributed by atoms with van der Waals surface area (Å²) in [5, 5.41) is 8.96. The standard InChI is InChI=1S/C14H19N3O3/c18-13(12-3-4-16-17-12)15-5-6-20-14(19)11-8-9-1-2-10(11)7-9/h3-4,9-11H,1-2,5-8H2,(H,15,18)(H,16,17)/t9-,10-,11-/m0/s1. The van der Waals surface area contributed by atoms with Crippen molar-refractivity contribution in [3.05, 3.63) is 18.0 Å². The molecule has 20 heavy (non-hydrogen) atoms. The number of hydrogen-bond acceptors (Lipinski definition) is 4. The molecule has 0 unspecified atom stereocenters. The number of aromatic amines is 1. The molecule has 0 saturated heterocycles. The van der Waals surface area contributed by atoms with Gasteiger partial charge in [-0.15, -0.1) is 0 Å². The predicted octanol–water partition coefficient (Wildman–Crippen LogP) is 1.12. The number of nitrogens with zero attached hydrogens (tertiary/aromatic N) is 1. The van der Waals surface area contributed by atoms with Gasteiger partial charge in [0.05, 0.1) is 12.5 Å². The van der Waals surface area contributed by atoms with Gasteiger partial charge in [0.1, 0.15) is 12.3 Å². The molecule has 3 rings (SSSR count). The van der Waals surface area contributed by atoms with Crippen LogP contribution in [-0.4, -0.2) is 35.2 Å².